The molecule has 0 bridgehead atoms. The average Bonchev–Trinajstić information content (AvgIpc) is 2.86. The van der Waals surface area contributed by atoms with E-state index in [1.165, 1.54) is 12.1 Å². The van der Waals surface area contributed by atoms with Gasteiger partial charge in [-0.05, 0) is 50.6 Å². The zero-order valence-electron chi connectivity index (χ0n) is 9.95. The summed E-state index contributed by atoms with van der Waals surface area (Å²) in [5, 5.41) is 3.19. The summed E-state index contributed by atoms with van der Waals surface area (Å²) in [6.07, 6.45) is 1.92. The SMILES string of the molecule is CCN(C(=O)[C@@H]1CCCN1)c1ccc(F)cc1. The van der Waals surface area contributed by atoms with Crippen molar-refractivity contribution in [1.82, 2.24) is 5.32 Å². The number of carbonyl (C=O) groups is 1. The highest BCUT2D eigenvalue weighted by atomic mass is 19.1. The summed E-state index contributed by atoms with van der Waals surface area (Å²) in [5.74, 6) is -0.201. The number of anilines is 1. The Labute approximate surface area is 101 Å². The molecule has 1 atom stereocenters. The number of benzene rings is 1. The molecule has 1 aromatic rings. The lowest BCUT2D eigenvalue weighted by Gasteiger charge is -2.24. The topological polar surface area (TPSA) is 32.3 Å². The van der Waals surface area contributed by atoms with Crippen LogP contribution in [-0.2, 0) is 4.79 Å². The van der Waals surface area contributed by atoms with Crippen LogP contribution in [-0.4, -0.2) is 25.0 Å². The second-order valence-electron chi connectivity index (χ2n) is 4.21. The monoisotopic (exact) mass is 236 g/mol. The number of halogens is 1. The predicted molar refractivity (Wildman–Crippen MR) is 65.5 cm³/mol. The second-order valence-corrected chi connectivity index (χ2v) is 4.21. The van der Waals surface area contributed by atoms with E-state index in [1.807, 2.05) is 6.92 Å². The minimum absolute atomic E-state index is 0.0802. The van der Waals surface area contributed by atoms with Gasteiger partial charge in [-0.25, -0.2) is 4.39 Å². The Morgan fingerprint density at radius 2 is 2.18 bits per heavy atom. The van der Waals surface area contributed by atoms with Gasteiger partial charge in [-0.15, -0.1) is 0 Å². The van der Waals surface area contributed by atoms with Crippen LogP contribution < -0.4 is 10.2 Å². The Hall–Kier alpha value is -1.42. The predicted octanol–water partition coefficient (Wildman–Crippen LogP) is 1.93. The van der Waals surface area contributed by atoms with Gasteiger partial charge in [-0.3, -0.25) is 4.79 Å². The summed E-state index contributed by atoms with van der Waals surface area (Å²) < 4.78 is 12.8. The van der Waals surface area contributed by atoms with Crippen molar-refractivity contribution >= 4 is 11.6 Å². The minimum atomic E-state index is -0.281. The van der Waals surface area contributed by atoms with Crippen LogP contribution in [0.4, 0.5) is 10.1 Å². The highest BCUT2D eigenvalue weighted by Gasteiger charge is 2.26. The van der Waals surface area contributed by atoms with E-state index in [1.54, 1.807) is 17.0 Å². The van der Waals surface area contributed by atoms with E-state index in [0.29, 0.717) is 6.54 Å². The molecule has 0 spiro atoms. The van der Waals surface area contributed by atoms with Gasteiger partial charge in [0.25, 0.3) is 0 Å². The van der Waals surface area contributed by atoms with Crippen LogP contribution in [0.2, 0.25) is 0 Å². The van der Waals surface area contributed by atoms with Crippen molar-refractivity contribution in [2.75, 3.05) is 18.0 Å². The van der Waals surface area contributed by atoms with E-state index in [9.17, 15) is 9.18 Å². The van der Waals surface area contributed by atoms with Gasteiger partial charge in [0, 0.05) is 12.2 Å². The number of hydrogen-bond acceptors (Lipinski definition) is 2. The first-order valence-corrected chi connectivity index (χ1v) is 6.02. The molecule has 1 fully saturated rings. The van der Waals surface area contributed by atoms with Gasteiger partial charge in [0.05, 0.1) is 6.04 Å². The lowest BCUT2D eigenvalue weighted by Crippen LogP contribution is -2.43. The molecular weight excluding hydrogens is 219 g/mol. The van der Waals surface area contributed by atoms with Crippen LogP contribution in [0.25, 0.3) is 0 Å². The molecule has 2 rings (SSSR count). The Morgan fingerprint density at radius 1 is 1.47 bits per heavy atom. The first-order valence-electron chi connectivity index (χ1n) is 6.02. The van der Waals surface area contributed by atoms with Gasteiger partial charge in [-0.2, -0.15) is 0 Å². The molecule has 0 unspecified atom stereocenters. The van der Waals surface area contributed by atoms with Crippen molar-refractivity contribution in [3.05, 3.63) is 30.1 Å². The van der Waals surface area contributed by atoms with E-state index in [0.717, 1.165) is 25.1 Å². The van der Waals surface area contributed by atoms with E-state index >= 15 is 0 Å². The molecular formula is C13H17FN2O. The maximum absolute atomic E-state index is 12.8. The van der Waals surface area contributed by atoms with Gasteiger partial charge in [0.2, 0.25) is 5.91 Å². The Balaban J connectivity index is 2.14. The first-order chi connectivity index (χ1) is 8.22. The van der Waals surface area contributed by atoms with Crippen LogP contribution in [0.3, 0.4) is 0 Å². The maximum Gasteiger partial charge on any atom is 0.244 e. The number of amides is 1. The number of hydrogen-bond donors (Lipinski definition) is 1. The summed E-state index contributed by atoms with van der Waals surface area (Å²) in [6, 6.07) is 5.97. The van der Waals surface area contributed by atoms with Crippen LogP contribution in [0, 0.1) is 5.82 Å². The molecule has 17 heavy (non-hydrogen) atoms. The highest BCUT2D eigenvalue weighted by molar-refractivity contribution is 5.97. The van der Waals surface area contributed by atoms with Crippen LogP contribution >= 0.6 is 0 Å². The van der Waals surface area contributed by atoms with Crippen molar-refractivity contribution in [2.45, 2.75) is 25.8 Å². The normalized spacial score (nSPS) is 19.3. The summed E-state index contributed by atoms with van der Waals surface area (Å²) >= 11 is 0. The van der Waals surface area contributed by atoms with Crippen LogP contribution in [0.5, 0.6) is 0 Å². The fraction of sp³-hybridized carbons (Fsp3) is 0.462. The van der Waals surface area contributed by atoms with Crippen LogP contribution in [0.1, 0.15) is 19.8 Å². The number of nitrogens with zero attached hydrogens (tertiary/aromatic N) is 1. The maximum atomic E-state index is 12.8. The lowest BCUT2D eigenvalue weighted by molar-refractivity contribution is -0.120. The molecule has 1 aliphatic rings. The largest absolute Gasteiger partial charge is 0.311 e. The average molecular weight is 236 g/mol. The number of carbonyl (C=O) groups excluding carboxylic acids is 1. The molecule has 0 aliphatic carbocycles. The van der Waals surface area contributed by atoms with Crippen molar-refractivity contribution in [2.24, 2.45) is 0 Å². The molecule has 0 radical (unpaired) electrons. The van der Waals surface area contributed by atoms with Gasteiger partial charge in [0.1, 0.15) is 5.82 Å². The van der Waals surface area contributed by atoms with Crippen molar-refractivity contribution in [3.8, 4) is 0 Å². The fourth-order valence-electron chi connectivity index (χ4n) is 2.17. The molecule has 0 saturated carbocycles. The summed E-state index contributed by atoms with van der Waals surface area (Å²) in [7, 11) is 0. The Morgan fingerprint density at radius 3 is 2.71 bits per heavy atom. The molecule has 1 N–H and O–H groups in total. The van der Waals surface area contributed by atoms with Crippen molar-refractivity contribution in [3.63, 3.8) is 0 Å². The molecule has 0 aromatic heterocycles. The van der Waals surface area contributed by atoms with Gasteiger partial charge in [-0.1, -0.05) is 0 Å². The summed E-state index contributed by atoms with van der Waals surface area (Å²) in [5.41, 5.74) is 0.757. The third-order valence-corrected chi connectivity index (χ3v) is 3.08. The highest BCUT2D eigenvalue weighted by Crippen LogP contribution is 2.18. The number of rotatable bonds is 3. The molecule has 1 heterocycles. The third-order valence-electron chi connectivity index (χ3n) is 3.08. The molecule has 1 saturated heterocycles. The fourth-order valence-corrected chi connectivity index (χ4v) is 2.17. The number of nitrogens with one attached hydrogen (secondary N) is 1. The molecule has 1 aromatic carbocycles. The Kier molecular flexibility index (Phi) is 3.74. The zero-order valence-corrected chi connectivity index (χ0v) is 9.95. The van der Waals surface area contributed by atoms with E-state index < -0.39 is 0 Å². The molecule has 3 nitrogen and oxygen atoms in total. The van der Waals surface area contributed by atoms with Gasteiger partial charge in [0.15, 0.2) is 0 Å². The van der Waals surface area contributed by atoms with Crippen molar-refractivity contribution < 1.29 is 9.18 Å². The molecule has 1 amide bonds. The summed E-state index contributed by atoms with van der Waals surface area (Å²) in [4.78, 5) is 13.9. The molecule has 92 valence electrons. The Bertz CT molecular complexity index is 385. The number of likely N-dealkylation sites (N-methyl/N-ethyl adjacent to an activating group) is 1. The quantitative estimate of drug-likeness (QED) is 0.869. The zero-order chi connectivity index (χ0) is 12.3. The molecule has 4 heteroatoms. The van der Waals surface area contributed by atoms with Gasteiger partial charge >= 0.3 is 0 Å². The molecule has 1 aliphatic heterocycles. The van der Waals surface area contributed by atoms with E-state index in [2.05, 4.69) is 5.32 Å². The minimum Gasteiger partial charge on any atom is -0.311 e. The van der Waals surface area contributed by atoms with E-state index in [-0.39, 0.29) is 17.8 Å². The van der Waals surface area contributed by atoms with E-state index in [4.69, 9.17) is 0 Å². The van der Waals surface area contributed by atoms with Crippen LogP contribution in [0.15, 0.2) is 24.3 Å². The summed E-state index contributed by atoms with van der Waals surface area (Å²) in [6.45, 7) is 3.43. The second kappa shape index (κ2) is 5.27. The third kappa shape index (κ3) is 2.64. The van der Waals surface area contributed by atoms with Crippen molar-refractivity contribution in [1.29, 1.82) is 0 Å². The lowest BCUT2D eigenvalue weighted by atomic mass is 10.2. The van der Waals surface area contributed by atoms with Gasteiger partial charge < -0.3 is 10.2 Å². The standard InChI is InChI=1S/C13H17FN2O/c1-2-16(11-7-5-10(14)6-8-11)13(17)12-4-3-9-15-12/h5-8,12,15H,2-4,9H2,1H3/t12-/m0/s1. The first kappa shape index (κ1) is 12.0. The smallest absolute Gasteiger partial charge is 0.244 e.